The Morgan fingerprint density at radius 2 is 1.71 bits per heavy atom. The summed E-state index contributed by atoms with van der Waals surface area (Å²) < 4.78 is 0. The number of piperidine rings is 2. The SMILES string of the molecule is O=C(C1CCCC1)N1Cc2ccccc2C2(CCN(C3CCNCC3)CC2)C1. The number of amides is 1. The van der Waals surface area contributed by atoms with Gasteiger partial charge < -0.3 is 15.1 Å². The Hall–Kier alpha value is -1.39. The lowest BCUT2D eigenvalue weighted by Gasteiger charge is -2.50. The number of benzene rings is 1. The summed E-state index contributed by atoms with van der Waals surface area (Å²) >= 11 is 0. The summed E-state index contributed by atoms with van der Waals surface area (Å²) in [6.45, 7) is 6.47. The molecule has 1 amide bonds. The molecule has 1 saturated carbocycles. The van der Waals surface area contributed by atoms with Gasteiger partial charge in [0.25, 0.3) is 0 Å². The van der Waals surface area contributed by atoms with Gasteiger partial charge in [0.2, 0.25) is 5.91 Å². The molecule has 0 radical (unpaired) electrons. The molecular formula is C24H35N3O. The van der Waals surface area contributed by atoms with E-state index in [9.17, 15) is 4.79 Å². The maximum absolute atomic E-state index is 13.3. The van der Waals surface area contributed by atoms with E-state index in [-0.39, 0.29) is 11.3 Å². The first-order valence-corrected chi connectivity index (χ1v) is 11.6. The number of hydrogen-bond donors (Lipinski definition) is 1. The van der Waals surface area contributed by atoms with Gasteiger partial charge in [-0.3, -0.25) is 4.79 Å². The molecule has 4 nitrogen and oxygen atoms in total. The fraction of sp³-hybridized carbons (Fsp3) is 0.708. The van der Waals surface area contributed by atoms with Crippen molar-refractivity contribution in [3.05, 3.63) is 35.4 Å². The van der Waals surface area contributed by atoms with Crippen LogP contribution >= 0.6 is 0 Å². The first-order chi connectivity index (χ1) is 13.8. The van der Waals surface area contributed by atoms with Crippen LogP contribution in [0.2, 0.25) is 0 Å². The highest BCUT2D eigenvalue weighted by Gasteiger charge is 2.44. The predicted octanol–water partition coefficient (Wildman–Crippen LogP) is 3.30. The molecule has 4 heteroatoms. The highest BCUT2D eigenvalue weighted by atomic mass is 16.2. The van der Waals surface area contributed by atoms with Crippen molar-refractivity contribution < 1.29 is 4.79 Å². The summed E-state index contributed by atoms with van der Waals surface area (Å²) in [5, 5.41) is 3.50. The second-order valence-corrected chi connectivity index (χ2v) is 9.63. The zero-order chi connectivity index (χ0) is 19.0. The molecule has 4 aliphatic rings. The second kappa shape index (κ2) is 7.79. The zero-order valence-electron chi connectivity index (χ0n) is 17.2. The predicted molar refractivity (Wildman–Crippen MR) is 112 cm³/mol. The maximum Gasteiger partial charge on any atom is 0.226 e. The molecule has 152 valence electrons. The van der Waals surface area contributed by atoms with Crippen LogP contribution in [0.1, 0.15) is 62.5 Å². The van der Waals surface area contributed by atoms with Crippen LogP contribution in [0.15, 0.2) is 24.3 Å². The quantitative estimate of drug-likeness (QED) is 0.854. The second-order valence-electron chi connectivity index (χ2n) is 9.63. The van der Waals surface area contributed by atoms with Crippen LogP contribution in [0.3, 0.4) is 0 Å². The lowest BCUT2D eigenvalue weighted by Crippen LogP contribution is -2.56. The van der Waals surface area contributed by atoms with Gasteiger partial charge in [-0.25, -0.2) is 0 Å². The fourth-order valence-electron chi connectivity index (χ4n) is 6.39. The Bertz CT molecular complexity index is 698. The first kappa shape index (κ1) is 18.6. The van der Waals surface area contributed by atoms with Gasteiger partial charge in [-0.1, -0.05) is 37.1 Å². The molecule has 1 aromatic carbocycles. The summed E-state index contributed by atoms with van der Waals surface area (Å²) in [6, 6.07) is 9.74. The van der Waals surface area contributed by atoms with E-state index in [1.165, 1.54) is 75.8 Å². The molecule has 3 fully saturated rings. The third-order valence-electron chi connectivity index (χ3n) is 8.04. The first-order valence-electron chi connectivity index (χ1n) is 11.6. The molecule has 0 unspecified atom stereocenters. The van der Waals surface area contributed by atoms with Crippen molar-refractivity contribution in [2.24, 2.45) is 5.92 Å². The van der Waals surface area contributed by atoms with Crippen LogP contribution in [0.25, 0.3) is 0 Å². The highest BCUT2D eigenvalue weighted by molar-refractivity contribution is 5.79. The number of nitrogens with one attached hydrogen (secondary N) is 1. The van der Waals surface area contributed by atoms with E-state index in [0.717, 1.165) is 32.0 Å². The van der Waals surface area contributed by atoms with E-state index >= 15 is 0 Å². The monoisotopic (exact) mass is 381 g/mol. The molecule has 1 aliphatic carbocycles. The lowest BCUT2D eigenvalue weighted by atomic mass is 9.68. The normalized spacial score (nSPS) is 26.5. The van der Waals surface area contributed by atoms with Gasteiger partial charge in [0.05, 0.1) is 0 Å². The number of fused-ring (bicyclic) bond motifs is 2. The van der Waals surface area contributed by atoms with Gasteiger partial charge in [-0.05, 0) is 75.8 Å². The molecule has 0 atom stereocenters. The van der Waals surface area contributed by atoms with Gasteiger partial charge in [-0.15, -0.1) is 0 Å². The lowest BCUT2D eigenvalue weighted by molar-refractivity contribution is -0.138. The third-order valence-corrected chi connectivity index (χ3v) is 8.04. The average Bonchev–Trinajstić information content (AvgIpc) is 3.29. The van der Waals surface area contributed by atoms with Gasteiger partial charge >= 0.3 is 0 Å². The third kappa shape index (κ3) is 3.39. The number of likely N-dealkylation sites (tertiary alicyclic amines) is 1. The Morgan fingerprint density at radius 1 is 1.00 bits per heavy atom. The fourth-order valence-corrected chi connectivity index (χ4v) is 6.39. The molecule has 0 aromatic heterocycles. The van der Waals surface area contributed by atoms with Gasteiger partial charge in [0.1, 0.15) is 0 Å². The number of carbonyl (C=O) groups excluding carboxylic acids is 1. The van der Waals surface area contributed by atoms with Crippen molar-refractivity contribution in [2.45, 2.75) is 69.4 Å². The summed E-state index contributed by atoms with van der Waals surface area (Å²) in [5.41, 5.74) is 3.11. The molecule has 2 saturated heterocycles. The minimum atomic E-state index is 0.173. The van der Waals surface area contributed by atoms with Crippen molar-refractivity contribution in [1.29, 1.82) is 0 Å². The Morgan fingerprint density at radius 3 is 2.46 bits per heavy atom. The van der Waals surface area contributed by atoms with Crippen molar-refractivity contribution in [3.8, 4) is 0 Å². The number of carbonyl (C=O) groups is 1. The molecule has 1 spiro atoms. The number of nitrogens with zero attached hydrogens (tertiary/aromatic N) is 2. The van der Waals surface area contributed by atoms with E-state index in [0.29, 0.717) is 5.91 Å². The van der Waals surface area contributed by atoms with Crippen LogP contribution in [0.4, 0.5) is 0 Å². The summed E-state index contributed by atoms with van der Waals surface area (Å²) in [7, 11) is 0. The smallest absolute Gasteiger partial charge is 0.226 e. The van der Waals surface area contributed by atoms with Crippen LogP contribution in [0, 0.1) is 5.92 Å². The molecule has 3 heterocycles. The van der Waals surface area contributed by atoms with Gasteiger partial charge in [0.15, 0.2) is 0 Å². The van der Waals surface area contributed by atoms with E-state index in [2.05, 4.69) is 39.4 Å². The Kier molecular flexibility index (Phi) is 5.18. The minimum Gasteiger partial charge on any atom is -0.337 e. The van der Waals surface area contributed by atoms with Crippen molar-refractivity contribution in [2.75, 3.05) is 32.7 Å². The zero-order valence-corrected chi connectivity index (χ0v) is 17.2. The minimum absolute atomic E-state index is 0.173. The van der Waals surface area contributed by atoms with E-state index in [1.54, 1.807) is 0 Å². The molecule has 0 bridgehead atoms. The average molecular weight is 382 g/mol. The van der Waals surface area contributed by atoms with Crippen molar-refractivity contribution in [1.82, 2.24) is 15.1 Å². The van der Waals surface area contributed by atoms with Gasteiger partial charge in [-0.2, -0.15) is 0 Å². The molecule has 28 heavy (non-hydrogen) atoms. The van der Waals surface area contributed by atoms with E-state index in [1.807, 2.05) is 0 Å². The number of hydrogen-bond acceptors (Lipinski definition) is 3. The standard InChI is InChI=1S/C24H35N3O/c28-23(19-5-1-2-6-19)27-17-20-7-3-4-8-22(20)24(18-27)11-15-26(16-12-24)21-9-13-25-14-10-21/h3-4,7-8,19,21,25H,1-2,5-6,9-18H2. The van der Waals surface area contributed by atoms with Gasteiger partial charge in [0, 0.05) is 30.5 Å². The molecule has 3 aliphatic heterocycles. The highest BCUT2D eigenvalue weighted by Crippen LogP contribution is 2.43. The van der Waals surface area contributed by atoms with E-state index < -0.39 is 0 Å². The van der Waals surface area contributed by atoms with E-state index in [4.69, 9.17) is 0 Å². The van der Waals surface area contributed by atoms with Crippen molar-refractivity contribution >= 4 is 5.91 Å². The molecule has 5 rings (SSSR count). The molecule has 1 aromatic rings. The summed E-state index contributed by atoms with van der Waals surface area (Å²) in [5.74, 6) is 0.726. The Labute approximate surface area is 169 Å². The van der Waals surface area contributed by atoms with Crippen LogP contribution in [-0.4, -0.2) is 54.5 Å². The largest absolute Gasteiger partial charge is 0.337 e. The van der Waals surface area contributed by atoms with Crippen molar-refractivity contribution in [3.63, 3.8) is 0 Å². The summed E-state index contributed by atoms with van der Waals surface area (Å²) in [4.78, 5) is 18.2. The molecule has 1 N–H and O–H groups in total. The van der Waals surface area contributed by atoms with Crippen LogP contribution in [0.5, 0.6) is 0 Å². The summed E-state index contributed by atoms with van der Waals surface area (Å²) in [6.07, 6.45) is 9.64. The maximum atomic E-state index is 13.3. The molecular weight excluding hydrogens is 346 g/mol. The van der Waals surface area contributed by atoms with Crippen LogP contribution < -0.4 is 5.32 Å². The van der Waals surface area contributed by atoms with Crippen LogP contribution in [-0.2, 0) is 16.8 Å². The topological polar surface area (TPSA) is 35.6 Å². The number of rotatable bonds is 2. The Balaban J connectivity index is 1.36.